The number of aromatic nitrogens is 4. The van der Waals surface area contributed by atoms with Crippen molar-refractivity contribution in [3.05, 3.63) is 106 Å². The van der Waals surface area contributed by atoms with E-state index in [9.17, 15) is 13.6 Å². The normalized spacial score (nSPS) is 22.2. The lowest BCUT2D eigenvalue weighted by Crippen LogP contribution is -2.58. The van der Waals surface area contributed by atoms with Gasteiger partial charge in [0.25, 0.3) is 5.56 Å². The van der Waals surface area contributed by atoms with Crippen molar-refractivity contribution < 1.29 is 13.5 Å². The van der Waals surface area contributed by atoms with Crippen molar-refractivity contribution in [2.75, 3.05) is 6.54 Å². The first kappa shape index (κ1) is 22.9. The first-order valence-electron chi connectivity index (χ1n) is 11.4. The van der Waals surface area contributed by atoms with Gasteiger partial charge in [-0.25, -0.2) is 18.4 Å². The van der Waals surface area contributed by atoms with E-state index in [0.717, 1.165) is 5.56 Å². The van der Waals surface area contributed by atoms with Gasteiger partial charge in [-0.2, -0.15) is 4.98 Å². The number of hydrogen-bond donors (Lipinski definition) is 1. The van der Waals surface area contributed by atoms with Gasteiger partial charge in [0.15, 0.2) is 0 Å². The highest BCUT2D eigenvalue weighted by Gasteiger charge is 2.49. The Balaban J connectivity index is 1.65. The molecule has 35 heavy (non-hydrogen) atoms. The molecule has 0 radical (unpaired) electrons. The Labute approximate surface area is 201 Å². The number of nitrogens with zero attached hydrogens (tertiary/aromatic N) is 4. The molecule has 180 valence electrons. The van der Waals surface area contributed by atoms with Gasteiger partial charge in [0, 0.05) is 44.0 Å². The van der Waals surface area contributed by atoms with Gasteiger partial charge in [0.1, 0.15) is 22.9 Å². The molecule has 1 N–H and O–H groups in total. The van der Waals surface area contributed by atoms with E-state index < -0.39 is 5.54 Å². The second-order valence-electron chi connectivity index (χ2n) is 8.86. The predicted molar refractivity (Wildman–Crippen MR) is 126 cm³/mol. The summed E-state index contributed by atoms with van der Waals surface area (Å²) in [6.45, 7) is 2.58. The first-order chi connectivity index (χ1) is 16.9. The van der Waals surface area contributed by atoms with E-state index >= 15 is 0 Å². The Bertz CT molecular complexity index is 1380. The molecule has 3 heterocycles. The van der Waals surface area contributed by atoms with E-state index in [4.69, 9.17) is 4.74 Å². The van der Waals surface area contributed by atoms with E-state index in [1.54, 1.807) is 40.0 Å². The predicted octanol–water partition coefficient (Wildman–Crippen LogP) is 3.96. The summed E-state index contributed by atoms with van der Waals surface area (Å²) in [6, 6.07) is 15.4. The van der Waals surface area contributed by atoms with Crippen LogP contribution in [0.3, 0.4) is 0 Å². The fraction of sp³-hybridized carbons (Fsp3) is 0.269. The molecule has 0 amide bonds. The van der Waals surface area contributed by atoms with Crippen molar-refractivity contribution in [3.8, 4) is 11.8 Å². The van der Waals surface area contributed by atoms with Gasteiger partial charge in [-0.1, -0.05) is 12.1 Å². The van der Waals surface area contributed by atoms with Gasteiger partial charge in [0.05, 0.1) is 5.69 Å². The number of rotatable bonds is 5. The SMILES string of the molecule is CC1CC(c2ccc(F)cc2)(n2c(=O)ccn2C)C(c2ccnc(Oc3ccc(F)cc3)n2)CN1. The molecule has 0 aliphatic carbocycles. The zero-order valence-corrected chi connectivity index (χ0v) is 19.4. The largest absolute Gasteiger partial charge is 0.424 e. The molecule has 1 saturated heterocycles. The number of nitrogens with one attached hydrogen (secondary N) is 1. The van der Waals surface area contributed by atoms with Crippen LogP contribution < -0.4 is 15.6 Å². The molecule has 2 aromatic heterocycles. The third kappa shape index (κ3) is 4.23. The van der Waals surface area contributed by atoms with Crippen LogP contribution in [0.15, 0.2) is 77.9 Å². The maximum atomic E-state index is 13.9. The van der Waals surface area contributed by atoms with Crippen molar-refractivity contribution in [2.24, 2.45) is 7.05 Å². The van der Waals surface area contributed by atoms with E-state index in [1.165, 1.54) is 42.5 Å². The lowest BCUT2D eigenvalue weighted by molar-refractivity contribution is 0.146. The highest BCUT2D eigenvalue weighted by atomic mass is 19.1. The lowest BCUT2D eigenvalue weighted by Gasteiger charge is -2.48. The van der Waals surface area contributed by atoms with Crippen molar-refractivity contribution in [3.63, 3.8) is 0 Å². The van der Waals surface area contributed by atoms with E-state index in [2.05, 4.69) is 22.2 Å². The Morgan fingerprint density at radius 3 is 2.37 bits per heavy atom. The van der Waals surface area contributed by atoms with Crippen LogP contribution in [0.5, 0.6) is 11.8 Å². The van der Waals surface area contributed by atoms with E-state index in [0.29, 0.717) is 24.4 Å². The topological polar surface area (TPSA) is 74.0 Å². The van der Waals surface area contributed by atoms with Crippen molar-refractivity contribution in [1.82, 2.24) is 24.6 Å². The maximum Gasteiger partial charge on any atom is 0.322 e. The van der Waals surface area contributed by atoms with Crippen LogP contribution in [0, 0.1) is 11.6 Å². The molecular weight excluding hydrogens is 452 g/mol. The van der Waals surface area contributed by atoms with Crippen LogP contribution in [0.1, 0.15) is 30.5 Å². The summed E-state index contributed by atoms with van der Waals surface area (Å²) in [5, 5.41) is 3.50. The molecule has 4 aromatic rings. The molecule has 1 fully saturated rings. The average molecular weight is 478 g/mol. The Morgan fingerprint density at radius 1 is 1.03 bits per heavy atom. The number of ether oxygens (including phenoxy) is 1. The highest BCUT2D eigenvalue weighted by molar-refractivity contribution is 5.35. The van der Waals surface area contributed by atoms with Crippen molar-refractivity contribution in [1.29, 1.82) is 0 Å². The maximum absolute atomic E-state index is 13.9. The Morgan fingerprint density at radius 2 is 1.71 bits per heavy atom. The standard InChI is InChI=1S/C26H25F2N5O2/c1-17-15-26(18-3-5-19(27)6-4-18,33-24(34)12-14-32(33)2)22(16-30-17)23-11-13-29-25(31-23)35-21-9-7-20(28)8-10-21/h3-14,17,22,30H,15-16H2,1-2H3. The van der Waals surface area contributed by atoms with Crippen LogP contribution in [-0.4, -0.2) is 31.9 Å². The Kier molecular flexibility index (Phi) is 5.94. The minimum atomic E-state index is -0.852. The molecule has 0 spiro atoms. The van der Waals surface area contributed by atoms with Gasteiger partial charge in [-0.15, -0.1) is 0 Å². The minimum Gasteiger partial charge on any atom is -0.424 e. The second-order valence-corrected chi connectivity index (χ2v) is 8.86. The van der Waals surface area contributed by atoms with Crippen LogP contribution in [0.4, 0.5) is 8.78 Å². The molecule has 1 aliphatic heterocycles. The minimum absolute atomic E-state index is 0.0786. The summed E-state index contributed by atoms with van der Waals surface area (Å²) < 4.78 is 36.5. The number of piperidine rings is 1. The molecule has 7 nitrogen and oxygen atoms in total. The van der Waals surface area contributed by atoms with Gasteiger partial charge in [-0.05, 0) is 61.4 Å². The third-order valence-corrected chi connectivity index (χ3v) is 6.58. The molecular formula is C26H25F2N5O2. The second kappa shape index (κ2) is 9.07. The van der Waals surface area contributed by atoms with E-state index in [1.807, 2.05) is 7.05 Å². The summed E-state index contributed by atoms with van der Waals surface area (Å²) in [5.74, 6) is -0.624. The first-order valence-corrected chi connectivity index (χ1v) is 11.4. The van der Waals surface area contributed by atoms with Crippen LogP contribution in [0.25, 0.3) is 0 Å². The third-order valence-electron chi connectivity index (χ3n) is 6.58. The molecule has 3 atom stereocenters. The molecule has 0 bridgehead atoms. The van der Waals surface area contributed by atoms with Gasteiger partial charge in [-0.3, -0.25) is 9.48 Å². The zero-order valence-electron chi connectivity index (χ0n) is 19.4. The van der Waals surface area contributed by atoms with Gasteiger partial charge in [0.2, 0.25) is 0 Å². The average Bonchev–Trinajstić information content (AvgIpc) is 3.19. The van der Waals surface area contributed by atoms with Crippen LogP contribution in [0.2, 0.25) is 0 Å². The monoisotopic (exact) mass is 477 g/mol. The fourth-order valence-corrected chi connectivity index (χ4v) is 5.08. The summed E-state index contributed by atoms with van der Waals surface area (Å²) in [4.78, 5) is 22.1. The molecule has 0 saturated carbocycles. The van der Waals surface area contributed by atoms with Crippen molar-refractivity contribution >= 4 is 0 Å². The molecule has 3 unspecified atom stereocenters. The summed E-state index contributed by atoms with van der Waals surface area (Å²) in [7, 11) is 1.82. The zero-order chi connectivity index (χ0) is 24.6. The smallest absolute Gasteiger partial charge is 0.322 e. The molecule has 2 aromatic carbocycles. The number of hydrogen-bond acceptors (Lipinski definition) is 5. The van der Waals surface area contributed by atoms with Crippen LogP contribution in [-0.2, 0) is 12.6 Å². The van der Waals surface area contributed by atoms with Gasteiger partial charge >= 0.3 is 6.01 Å². The van der Waals surface area contributed by atoms with E-state index in [-0.39, 0.29) is 35.2 Å². The summed E-state index contributed by atoms with van der Waals surface area (Å²) in [5.41, 5.74) is 0.456. The fourth-order valence-electron chi connectivity index (χ4n) is 5.08. The van der Waals surface area contributed by atoms with Gasteiger partial charge < -0.3 is 10.1 Å². The number of aryl methyl sites for hydroxylation is 1. The summed E-state index contributed by atoms with van der Waals surface area (Å²) >= 11 is 0. The lowest BCUT2D eigenvalue weighted by atomic mass is 9.70. The Hall–Kier alpha value is -3.85. The number of halogens is 2. The quantitative estimate of drug-likeness (QED) is 0.471. The summed E-state index contributed by atoms with van der Waals surface area (Å²) in [6.07, 6.45) is 3.89. The molecule has 5 rings (SSSR count). The molecule has 9 heteroatoms. The molecule has 1 aliphatic rings. The highest BCUT2D eigenvalue weighted by Crippen LogP contribution is 2.45. The number of benzene rings is 2. The van der Waals surface area contributed by atoms with Crippen LogP contribution >= 0.6 is 0 Å². The van der Waals surface area contributed by atoms with Crippen molar-refractivity contribution in [2.45, 2.75) is 30.8 Å².